The summed E-state index contributed by atoms with van der Waals surface area (Å²) in [5, 5.41) is 18.2. The largest absolute Gasteiger partial charge is 0.493 e. The molecule has 1 unspecified atom stereocenters. The van der Waals surface area contributed by atoms with Crippen molar-refractivity contribution in [1.82, 2.24) is 0 Å². The van der Waals surface area contributed by atoms with Crippen LogP contribution in [0.15, 0.2) is 48.5 Å². The Morgan fingerprint density at radius 3 is 2.30 bits per heavy atom. The Morgan fingerprint density at radius 1 is 1.00 bits per heavy atom. The standard InChI is InChI=1S/C20H20N2O/c1-15(2)19-5-3-4-6-20(19)23-12-11-18(14-22)17-9-7-16(13-21)8-10-17/h3-10,15,18H,11-12H2,1-2H3. The average Bonchev–Trinajstić information content (AvgIpc) is 2.59. The van der Waals surface area contributed by atoms with Crippen molar-refractivity contribution in [3.63, 3.8) is 0 Å². The molecule has 2 aromatic rings. The summed E-state index contributed by atoms with van der Waals surface area (Å²) in [6.07, 6.45) is 0.620. The second-order valence-corrected chi connectivity index (χ2v) is 5.75. The molecule has 0 aliphatic heterocycles. The van der Waals surface area contributed by atoms with Crippen LogP contribution in [0.1, 0.15) is 48.8 Å². The Hall–Kier alpha value is -2.78. The van der Waals surface area contributed by atoms with Gasteiger partial charge < -0.3 is 4.74 Å². The zero-order valence-corrected chi connectivity index (χ0v) is 13.5. The van der Waals surface area contributed by atoms with Crippen molar-refractivity contribution in [3.8, 4) is 17.9 Å². The molecule has 116 valence electrons. The molecule has 0 radical (unpaired) electrons. The molecule has 3 nitrogen and oxygen atoms in total. The average molecular weight is 304 g/mol. The van der Waals surface area contributed by atoms with E-state index in [1.165, 1.54) is 5.56 Å². The van der Waals surface area contributed by atoms with E-state index in [4.69, 9.17) is 10.00 Å². The number of para-hydroxylation sites is 1. The highest BCUT2D eigenvalue weighted by Crippen LogP contribution is 2.27. The molecular weight excluding hydrogens is 284 g/mol. The zero-order valence-electron chi connectivity index (χ0n) is 13.5. The number of nitriles is 2. The Kier molecular flexibility index (Phi) is 5.78. The van der Waals surface area contributed by atoms with Gasteiger partial charge in [-0.1, -0.05) is 44.2 Å². The summed E-state index contributed by atoms with van der Waals surface area (Å²) in [7, 11) is 0. The van der Waals surface area contributed by atoms with Gasteiger partial charge in [-0.3, -0.25) is 0 Å². The predicted octanol–water partition coefficient (Wildman–Crippen LogP) is 4.76. The van der Waals surface area contributed by atoms with Gasteiger partial charge in [-0.15, -0.1) is 0 Å². The minimum atomic E-state index is -0.228. The van der Waals surface area contributed by atoms with E-state index in [9.17, 15) is 5.26 Å². The van der Waals surface area contributed by atoms with Crippen molar-refractivity contribution < 1.29 is 4.74 Å². The zero-order chi connectivity index (χ0) is 16.7. The normalized spacial score (nSPS) is 11.5. The lowest BCUT2D eigenvalue weighted by atomic mass is 9.96. The Morgan fingerprint density at radius 2 is 1.70 bits per heavy atom. The van der Waals surface area contributed by atoms with E-state index >= 15 is 0 Å². The fourth-order valence-electron chi connectivity index (χ4n) is 2.47. The van der Waals surface area contributed by atoms with Crippen molar-refractivity contribution in [1.29, 1.82) is 10.5 Å². The van der Waals surface area contributed by atoms with Crippen molar-refractivity contribution in [3.05, 3.63) is 65.2 Å². The van der Waals surface area contributed by atoms with Crippen molar-refractivity contribution in [2.45, 2.75) is 32.1 Å². The molecule has 0 aliphatic rings. The molecule has 23 heavy (non-hydrogen) atoms. The van der Waals surface area contributed by atoms with Gasteiger partial charge in [0.2, 0.25) is 0 Å². The third kappa shape index (κ3) is 4.34. The van der Waals surface area contributed by atoms with Gasteiger partial charge in [-0.05, 0) is 35.2 Å². The van der Waals surface area contributed by atoms with Crippen LogP contribution >= 0.6 is 0 Å². The molecule has 0 fully saturated rings. The van der Waals surface area contributed by atoms with Gasteiger partial charge in [-0.25, -0.2) is 0 Å². The van der Waals surface area contributed by atoms with Crippen LogP contribution in [-0.2, 0) is 0 Å². The Balaban J connectivity index is 1.99. The summed E-state index contributed by atoms with van der Waals surface area (Å²) >= 11 is 0. The van der Waals surface area contributed by atoms with Crippen molar-refractivity contribution >= 4 is 0 Å². The lowest BCUT2D eigenvalue weighted by Gasteiger charge is -2.15. The maximum atomic E-state index is 9.38. The molecule has 2 rings (SSSR count). The maximum Gasteiger partial charge on any atom is 0.122 e. The molecule has 0 amide bonds. The van der Waals surface area contributed by atoms with E-state index in [0.717, 1.165) is 11.3 Å². The summed E-state index contributed by atoms with van der Waals surface area (Å²) < 4.78 is 5.89. The highest BCUT2D eigenvalue weighted by molar-refractivity contribution is 5.36. The number of hydrogen-bond acceptors (Lipinski definition) is 3. The first-order chi connectivity index (χ1) is 11.2. The van der Waals surface area contributed by atoms with Gasteiger partial charge in [0.15, 0.2) is 0 Å². The van der Waals surface area contributed by atoms with Gasteiger partial charge in [0.1, 0.15) is 5.75 Å². The molecule has 0 aliphatic carbocycles. The summed E-state index contributed by atoms with van der Waals surface area (Å²) in [6, 6.07) is 19.6. The molecule has 0 N–H and O–H groups in total. The smallest absolute Gasteiger partial charge is 0.122 e. The molecule has 3 heteroatoms. The van der Waals surface area contributed by atoms with Crippen LogP contribution in [-0.4, -0.2) is 6.61 Å². The molecule has 1 atom stereocenters. The number of ether oxygens (including phenoxy) is 1. The van der Waals surface area contributed by atoms with Crippen LogP contribution in [0.25, 0.3) is 0 Å². The van der Waals surface area contributed by atoms with Crippen LogP contribution < -0.4 is 4.74 Å². The van der Waals surface area contributed by atoms with Crippen LogP contribution in [0.4, 0.5) is 0 Å². The molecule has 0 heterocycles. The topological polar surface area (TPSA) is 56.8 Å². The number of nitrogens with zero attached hydrogens (tertiary/aromatic N) is 2. The minimum Gasteiger partial charge on any atom is -0.493 e. The quantitative estimate of drug-likeness (QED) is 0.773. The van der Waals surface area contributed by atoms with E-state index in [1.807, 2.05) is 30.3 Å². The van der Waals surface area contributed by atoms with Crippen LogP contribution in [0.2, 0.25) is 0 Å². The SMILES string of the molecule is CC(C)c1ccccc1OCCC(C#N)c1ccc(C#N)cc1. The molecule has 0 aromatic heterocycles. The third-order valence-electron chi connectivity index (χ3n) is 3.80. The summed E-state index contributed by atoms with van der Waals surface area (Å²) in [4.78, 5) is 0. The molecule has 0 bridgehead atoms. The monoisotopic (exact) mass is 304 g/mol. The summed E-state index contributed by atoms with van der Waals surface area (Å²) in [6.45, 7) is 4.76. The first-order valence-electron chi connectivity index (χ1n) is 7.77. The van der Waals surface area contributed by atoms with E-state index in [2.05, 4.69) is 32.1 Å². The van der Waals surface area contributed by atoms with Gasteiger partial charge in [0, 0.05) is 6.42 Å². The molecule has 0 spiro atoms. The lowest BCUT2D eigenvalue weighted by molar-refractivity contribution is 0.302. The molecule has 0 saturated heterocycles. The number of hydrogen-bond donors (Lipinski definition) is 0. The van der Waals surface area contributed by atoms with Gasteiger partial charge in [0.05, 0.1) is 30.2 Å². The first kappa shape index (κ1) is 16.6. The fourth-order valence-corrected chi connectivity index (χ4v) is 2.47. The summed E-state index contributed by atoms with van der Waals surface area (Å²) in [5.74, 6) is 1.06. The highest BCUT2D eigenvalue weighted by Gasteiger charge is 2.12. The molecule has 0 saturated carbocycles. The van der Waals surface area contributed by atoms with Crippen LogP contribution in [0.3, 0.4) is 0 Å². The van der Waals surface area contributed by atoms with Crippen LogP contribution in [0, 0.1) is 22.7 Å². The highest BCUT2D eigenvalue weighted by atomic mass is 16.5. The number of benzene rings is 2. The Bertz CT molecular complexity index is 721. The third-order valence-corrected chi connectivity index (χ3v) is 3.80. The van der Waals surface area contributed by atoms with E-state index in [0.29, 0.717) is 24.5 Å². The molecular formula is C20H20N2O. The van der Waals surface area contributed by atoms with E-state index in [-0.39, 0.29) is 5.92 Å². The first-order valence-corrected chi connectivity index (χ1v) is 7.77. The predicted molar refractivity (Wildman–Crippen MR) is 90.2 cm³/mol. The van der Waals surface area contributed by atoms with Crippen LogP contribution in [0.5, 0.6) is 5.75 Å². The lowest BCUT2D eigenvalue weighted by Crippen LogP contribution is -2.06. The fraction of sp³-hybridized carbons (Fsp3) is 0.300. The second-order valence-electron chi connectivity index (χ2n) is 5.75. The summed E-state index contributed by atoms with van der Waals surface area (Å²) in [5.41, 5.74) is 2.71. The van der Waals surface area contributed by atoms with Crippen molar-refractivity contribution in [2.75, 3.05) is 6.61 Å². The van der Waals surface area contributed by atoms with E-state index in [1.54, 1.807) is 12.1 Å². The second kappa shape index (κ2) is 8.01. The maximum absolute atomic E-state index is 9.38. The van der Waals surface area contributed by atoms with Gasteiger partial charge >= 0.3 is 0 Å². The van der Waals surface area contributed by atoms with E-state index < -0.39 is 0 Å². The van der Waals surface area contributed by atoms with Gasteiger partial charge in [0.25, 0.3) is 0 Å². The number of rotatable bonds is 6. The molecule has 2 aromatic carbocycles. The van der Waals surface area contributed by atoms with Gasteiger partial charge in [-0.2, -0.15) is 10.5 Å². The Labute approximate surface area is 137 Å². The van der Waals surface area contributed by atoms with Crippen molar-refractivity contribution in [2.24, 2.45) is 0 Å². The minimum absolute atomic E-state index is 0.228.